The topological polar surface area (TPSA) is 66.5 Å². The number of hydrogen-bond donors (Lipinski definition) is 1. The highest BCUT2D eigenvalue weighted by atomic mass is 35.5. The second-order valence-electron chi connectivity index (χ2n) is 6.10. The highest BCUT2D eigenvalue weighted by Gasteiger charge is 2.40. The largest absolute Gasteiger partial charge is 0.353 e. The molecule has 1 aliphatic rings. The smallest absolute Gasteiger partial charge is 0.244 e. The molecule has 3 rings (SSSR count). The molecule has 0 aromatic heterocycles. The van der Waals surface area contributed by atoms with Gasteiger partial charge in [-0.15, -0.1) is 0 Å². The number of amides is 1. The Balaban J connectivity index is 2.12. The lowest BCUT2D eigenvalue weighted by molar-refractivity contribution is -0.126. The summed E-state index contributed by atoms with van der Waals surface area (Å²) in [5.74, 6) is -0.368. The highest BCUT2D eigenvalue weighted by Crippen LogP contribution is 2.34. The van der Waals surface area contributed by atoms with E-state index >= 15 is 0 Å². The van der Waals surface area contributed by atoms with Crippen LogP contribution in [0, 0.1) is 13.8 Å². The standard InChI is InChI=1S/C18H19ClN2O3S/c1-12-7-8-16(13(2)11-12)25(23,24)21-10-9-20-18(22)17(21)14-5-3-4-6-15(14)19/h3-8,11,17H,9-10H2,1-2H3,(H,20,22). The molecule has 0 bridgehead atoms. The van der Waals surface area contributed by atoms with E-state index in [-0.39, 0.29) is 23.9 Å². The molecule has 1 fully saturated rings. The molecule has 1 atom stereocenters. The Morgan fingerprint density at radius 3 is 2.56 bits per heavy atom. The molecule has 1 amide bonds. The van der Waals surface area contributed by atoms with Gasteiger partial charge in [0.2, 0.25) is 15.9 Å². The molecule has 1 heterocycles. The molecule has 1 N–H and O–H groups in total. The van der Waals surface area contributed by atoms with Gasteiger partial charge in [0.05, 0.1) is 4.90 Å². The van der Waals surface area contributed by atoms with Gasteiger partial charge < -0.3 is 5.32 Å². The number of rotatable bonds is 3. The first-order chi connectivity index (χ1) is 11.8. The molecule has 7 heteroatoms. The highest BCUT2D eigenvalue weighted by molar-refractivity contribution is 7.89. The maximum atomic E-state index is 13.3. The minimum absolute atomic E-state index is 0.192. The predicted octanol–water partition coefficient (Wildman–Crippen LogP) is 2.82. The van der Waals surface area contributed by atoms with Gasteiger partial charge in [-0.05, 0) is 37.1 Å². The number of benzene rings is 2. The van der Waals surface area contributed by atoms with Crippen molar-refractivity contribution in [2.75, 3.05) is 13.1 Å². The lowest BCUT2D eigenvalue weighted by Crippen LogP contribution is -2.52. The third-order valence-corrected chi connectivity index (χ3v) is 6.65. The van der Waals surface area contributed by atoms with Gasteiger partial charge in [0, 0.05) is 18.1 Å². The van der Waals surface area contributed by atoms with Crippen LogP contribution in [0.1, 0.15) is 22.7 Å². The number of aryl methyl sites for hydroxylation is 2. The van der Waals surface area contributed by atoms with Crippen molar-refractivity contribution in [3.05, 3.63) is 64.2 Å². The number of sulfonamides is 1. The molecule has 2 aromatic rings. The van der Waals surface area contributed by atoms with Crippen LogP contribution in [0.25, 0.3) is 0 Å². The second-order valence-corrected chi connectivity index (χ2v) is 8.37. The van der Waals surface area contributed by atoms with E-state index in [1.807, 2.05) is 13.0 Å². The Morgan fingerprint density at radius 2 is 1.88 bits per heavy atom. The average Bonchev–Trinajstić information content (AvgIpc) is 2.55. The summed E-state index contributed by atoms with van der Waals surface area (Å²) in [4.78, 5) is 12.7. The number of nitrogens with one attached hydrogen (secondary N) is 1. The van der Waals surface area contributed by atoms with Crippen molar-refractivity contribution in [2.45, 2.75) is 24.8 Å². The van der Waals surface area contributed by atoms with Gasteiger partial charge in [0.15, 0.2) is 0 Å². The normalized spacial score (nSPS) is 18.8. The summed E-state index contributed by atoms with van der Waals surface area (Å²) in [7, 11) is -3.84. The van der Waals surface area contributed by atoms with Crippen LogP contribution in [-0.4, -0.2) is 31.7 Å². The maximum absolute atomic E-state index is 13.3. The first-order valence-electron chi connectivity index (χ1n) is 7.93. The van der Waals surface area contributed by atoms with Crippen LogP contribution < -0.4 is 5.32 Å². The molecular formula is C18H19ClN2O3S. The molecule has 25 heavy (non-hydrogen) atoms. The predicted molar refractivity (Wildman–Crippen MR) is 97.0 cm³/mol. The number of piperazine rings is 1. The quantitative estimate of drug-likeness (QED) is 0.893. The molecule has 1 saturated heterocycles. The number of carbonyl (C=O) groups excluding carboxylic acids is 1. The number of halogens is 1. The fourth-order valence-corrected chi connectivity index (χ4v) is 5.13. The summed E-state index contributed by atoms with van der Waals surface area (Å²) >= 11 is 6.23. The zero-order chi connectivity index (χ0) is 18.2. The summed E-state index contributed by atoms with van der Waals surface area (Å²) in [6, 6.07) is 11.0. The van der Waals surface area contributed by atoms with Crippen LogP contribution in [0.5, 0.6) is 0 Å². The Kier molecular flexibility index (Phi) is 4.86. The van der Waals surface area contributed by atoms with Gasteiger partial charge in [-0.2, -0.15) is 4.31 Å². The number of nitrogens with zero attached hydrogens (tertiary/aromatic N) is 1. The fourth-order valence-electron chi connectivity index (χ4n) is 3.11. The van der Waals surface area contributed by atoms with Gasteiger partial charge in [0.25, 0.3) is 0 Å². The molecular weight excluding hydrogens is 360 g/mol. The van der Waals surface area contributed by atoms with Crippen molar-refractivity contribution in [3.8, 4) is 0 Å². The van der Waals surface area contributed by atoms with E-state index in [9.17, 15) is 13.2 Å². The molecule has 0 radical (unpaired) electrons. The van der Waals surface area contributed by atoms with Gasteiger partial charge in [-0.3, -0.25) is 4.79 Å². The van der Waals surface area contributed by atoms with E-state index in [1.54, 1.807) is 43.3 Å². The molecule has 1 aliphatic heterocycles. The molecule has 0 saturated carbocycles. The first-order valence-corrected chi connectivity index (χ1v) is 9.75. The van der Waals surface area contributed by atoms with E-state index in [0.29, 0.717) is 16.1 Å². The summed E-state index contributed by atoms with van der Waals surface area (Å²) in [6.45, 7) is 4.12. The summed E-state index contributed by atoms with van der Waals surface area (Å²) in [5.41, 5.74) is 2.12. The van der Waals surface area contributed by atoms with Gasteiger partial charge >= 0.3 is 0 Å². The maximum Gasteiger partial charge on any atom is 0.244 e. The van der Waals surface area contributed by atoms with Gasteiger partial charge in [-0.1, -0.05) is 47.5 Å². The van der Waals surface area contributed by atoms with Crippen molar-refractivity contribution in [1.82, 2.24) is 9.62 Å². The lowest BCUT2D eigenvalue weighted by Gasteiger charge is -2.35. The van der Waals surface area contributed by atoms with Crippen LogP contribution in [0.2, 0.25) is 5.02 Å². The van der Waals surface area contributed by atoms with Crippen LogP contribution in [0.4, 0.5) is 0 Å². The van der Waals surface area contributed by atoms with Gasteiger partial charge in [0.1, 0.15) is 6.04 Å². The lowest BCUT2D eigenvalue weighted by atomic mass is 10.0. The van der Waals surface area contributed by atoms with E-state index in [2.05, 4.69) is 5.32 Å². The first kappa shape index (κ1) is 17.9. The molecule has 1 unspecified atom stereocenters. The number of carbonyl (C=O) groups is 1. The minimum atomic E-state index is -3.84. The zero-order valence-corrected chi connectivity index (χ0v) is 15.6. The van der Waals surface area contributed by atoms with E-state index in [4.69, 9.17) is 11.6 Å². The Morgan fingerprint density at radius 1 is 1.16 bits per heavy atom. The number of hydrogen-bond acceptors (Lipinski definition) is 3. The summed E-state index contributed by atoms with van der Waals surface area (Å²) in [5, 5.41) is 3.10. The summed E-state index contributed by atoms with van der Waals surface area (Å²) in [6.07, 6.45) is 0. The summed E-state index contributed by atoms with van der Waals surface area (Å²) < 4.78 is 27.8. The van der Waals surface area contributed by atoms with Crippen LogP contribution in [-0.2, 0) is 14.8 Å². The Labute approximate surface area is 152 Å². The van der Waals surface area contributed by atoms with Crippen molar-refractivity contribution < 1.29 is 13.2 Å². The Bertz CT molecular complexity index is 928. The zero-order valence-electron chi connectivity index (χ0n) is 14.0. The third kappa shape index (κ3) is 3.29. The average molecular weight is 379 g/mol. The van der Waals surface area contributed by atoms with Crippen molar-refractivity contribution in [3.63, 3.8) is 0 Å². The van der Waals surface area contributed by atoms with Crippen molar-refractivity contribution in [1.29, 1.82) is 0 Å². The Hall–Kier alpha value is -1.89. The van der Waals surface area contributed by atoms with Crippen LogP contribution >= 0.6 is 11.6 Å². The molecule has 0 aliphatic carbocycles. The van der Waals surface area contributed by atoms with Crippen molar-refractivity contribution >= 4 is 27.5 Å². The SMILES string of the molecule is Cc1ccc(S(=O)(=O)N2CCNC(=O)C2c2ccccc2Cl)c(C)c1. The molecule has 2 aromatic carbocycles. The van der Waals surface area contributed by atoms with Gasteiger partial charge in [-0.25, -0.2) is 8.42 Å². The van der Waals surface area contributed by atoms with E-state index in [1.165, 1.54) is 4.31 Å². The molecule has 132 valence electrons. The monoisotopic (exact) mass is 378 g/mol. The third-order valence-electron chi connectivity index (χ3n) is 4.28. The van der Waals surface area contributed by atoms with Crippen molar-refractivity contribution in [2.24, 2.45) is 0 Å². The minimum Gasteiger partial charge on any atom is -0.353 e. The fraction of sp³-hybridized carbons (Fsp3) is 0.278. The molecule has 5 nitrogen and oxygen atoms in total. The van der Waals surface area contributed by atoms with Crippen LogP contribution in [0.15, 0.2) is 47.4 Å². The molecule has 0 spiro atoms. The van der Waals surface area contributed by atoms with Crippen LogP contribution in [0.3, 0.4) is 0 Å². The van der Waals surface area contributed by atoms with E-state index in [0.717, 1.165) is 5.56 Å². The van der Waals surface area contributed by atoms with E-state index < -0.39 is 16.1 Å². The second kappa shape index (κ2) is 6.78.